The second-order valence-electron chi connectivity index (χ2n) is 14.0. The Morgan fingerprint density at radius 1 is 0.695 bits per heavy atom. The second-order valence-corrected chi connectivity index (χ2v) is 14.0. The largest absolute Gasteiger partial charge is 0.497 e. The molecule has 0 N–H and O–H groups in total. The van der Waals surface area contributed by atoms with E-state index >= 15 is 0 Å². The van der Waals surface area contributed by atoms with Crippen LogP contribution in [0.1, 0.15) is 39.6 Å². The summed E-state index contributed by atoms with van der Waals surface area (Å²) in [6.45, 7) is 3.69. The van der Waals surface area contributed by atoms with E-state index in [0.29, 0.717) is 68.4 Å². The Balaban J connectivity index is 1.23. The Morgan fingerprint density at radius 3 is 1.81 bits per heavy atom. The fraction of sp³-hybridized carbons (Fsp3) is 0.136. The van der Waals surface area contributed by atoms with Crippen molar-refractivity contribution in [3.05, 3.63) is 177 Å². The van der Waals surface area contributed by atoms with Crippen molar-refractivity contribution in [3.8, 4) is 40.4 Å². The van der Waals surface area contributed by atoms with E-state index < -0.39 is 22.7 Å². The maximum Gasteiger partial charge on any atom is 0.344 e. The first-order chi connectivity index (χ1) is 28.8. The second kappa shape index (κ2) is 13.9. The molecule has 0 amide bonds. The first-order valence-corrected chi connectivity index (χ1v) is 18.7. The number of aromatic nitrogens is 4. The highest BCUT2D eigenvalue weighted by molar-refractivity contribution is 6.09. The standard InChI is InChI=1S/C44H33N7O8/c1-26-36-39-38(28-14-18-32(19-15-28)51(52)53)40(58-47-39)44(29-16-20-33(54-3)21-17-29)57-41(48-59-44)37-27(2)46-50(31-12-8-5-9-13-31)43(37)56-35-24-22-34(23-25-35)55-42(36)49(45-26)30-10-6-4-7-11-30/h4-25,38,40H,1-3H3/t38-,40-,44+/m1/s1. The van der Waals surface area contributed by atoms with Gasteiger partial charge < -0.3 is 28.6 Å². The molecule has 59 heavy (non-hydrogen) atoms. The average Bonchev–Trinajstić information content (AvgIpc) is 4.05. The Morgan fingerprint density at radius 2 is 1.25 bits per heavy atom. The van der Waals surface area contributed by atoms with Crippen molar-refractivity contribution >= 4 is 17.3 Å². The highest BCUT2D eigenvalue weighted by Crippen LogP contribution is 2.50. The van der Waals surface area contributed by atoms with E-state index in [0.717, 1.165) is 11.4 Å². The molecule has 4 aliphatic rings. The summed E-state index contributed by atoms with van der Waals surface area (Å²) in [6.07, 6.45) is -1.10. The molecule has 0 saturated carbocycles. The third kappa shape index (κ3) is 5.89. The van der Waals surface area contributed by atoms with E-state index in [1.807, 2.05) is 74.5 Å². The highest BCUT2D eigenvalue weighted by atomic mass is 16.8. The van der Waals surface area contributed by atoms with Gasteiger partial charge in [-0.05, 0) is 97.4 Å². The zero-order valence-corrected chi connectivity index (χ0v) is 31.8. The number of benzene rings is 5. The van der Waals surface area contributed by atoms with Gasteiger partial charge in [0.15, 0.2) is 0 Å². The van der Waals surface area contributed by atoms with Gasteiger partial charge in [0.05, 0.1) is 46.3 Å². The van der Waals surface area contributed by atoms with E-state index in [1.54, 1.807) is 77.1 Å². The van der Waals surface area contributed by atoms with Gasteiger partial charge in [-0.3, -0.25) is 10.1 Å². The van der Waals surface area contributed by atoms with Crippen molar-refractivity contribution in [2.45, 2.75) is 31.7 Å². The van der Waals surface area contributed by atoms with Crippen LogP contribution in [0.5, 0.6) is 29.0 Å². The minimum Gasteiger partial charge on any atom is -0.497 e. The highest BCUT2D eigenvalue weighted by Gasteiger charge is 2.61. The van der Waals surface area contributed by atoms with Gasteiger partial charge in [-0.15, -0.1) is 0 Å². The van der Waals surface area contributed by atoms with Crippen molar-refractivity contribution < 1.29 is 33.5 Å². The molecule has 0 unspecified atom stereocenters. The zero-order valence-electron chi connectivity index (χ0n) is 31.8. The van der Waals surface area contributed by atoms with Crippen LogP contribution in [0, 0.1) is 24.0 Å². The van der Waals surface area contributed by atoms with Crippen LogP contribution < -0.4 is 14.2 Å². The van der Waals surface area contributed by atoms with Crippen LogP contribution >= 0.6 is 0 Å². The molecule has 0 aliphatic carbocycles. The number of rotatable bonds is 6. The third-order valence-corrected chi connectivity index (χ3v) is 10.5. The number of hydrogen-bond acceptors (Lipinski definition) is 12. The van der Waals surface area contributed by atoms with E-state index in [-0.39, 0.29) is 11.6 Å². The lowest BCUT2D eigenvalue weighted by molar-refractivity contribution is -0.384. The number of ether oxygens (including phenoxy) is 4. The molecular formula is C44H33N7O8. The molecule has 0 spiro atoms. The molecule has 15 heteroatoms. The summed E-state index contributed by atoms with van der Waals surface area (Å²) in [4.78, 5) is 24.5. The molecule has 4 aliphatic heterocycles. The lowest BCUT2D eigenvalue weighted by atomic mass is 9.80. The van der Waals surface area contributed by atoms with Crippen molar-refractivity contribution in [2.24, 2.45) is 10.3 Å². The molecule has 15 nitrogen and oxygen atoms in total. The van der Waals surface area contributed by atoms with E-state index in [1.165, 1.54) is 12.1 Å². The molecule has 3 atom stereocenters. The normalized spacial score (nSPS) is 18.8. The summed E-state index contributed by atoms with van der Waals surface area (Å²) in [5.41, 5.74) is 5.05. The van der Waals surface area contributed by atoms with Crippen molar-refractivity contribution in [3.63, 3.8) is 0 Å². The number of fused-ring (bicyclic) bond motifs is 2. The molecule has 6 bridgehead atoms. The average molecular weight is 788 g/mol. The predicted molar refractivity (Wildman–Crippen MR) is 214 cm³/mol. The van der Waals surface area contributed by atoms with Crippen LogP contribution in [-0.4, -0.2) is 49.3 Å². The topological polar surface area (TPSA) is 159 Å². The van der Waals surface area contributed by atoms with Crippen molar-refractivity contribution in [2.75, 3.05) is 7.11 Å². The SMILES string of the molecule is COc1ccc([C@@]23ON=C(O2)c2c(C)nn(-c4ccccc4)c2Oc2ccc(cc2)Oc2c(c(C)nn2-c2ccccc2)C2=NO[C@@H]3[C@@H]2c2ccc([N+](=O)[O-])cc2)cc1. The quantitative estimate of drug-likeness (QED) is 0.118. The van der Waals surface area contributed by atoms with E-state index in [4.69, 9.17) is 44.0 Å². The minimum absolute atomic E-state index is 0.0795. The number of hydrogen-bond donors (Lipinski definition) is 0. The van der Waals surface area contributed by atoms with Gasteiger partial charge in [0, 0.05) is 17.7 Å². The Hall–Kier alpha value is -7.94. The number of nitrogens with zero attached hydrogens (tertiary/aromatic N) is 7. The summed E-state index contributed by atoms with van der Waals surface area (Å²) in [5.74, 6) is -0.281. The van der Waals surface area contributed by atoms with Crippen LogP contribution in [0.4, 0.5) is 5.69 Å². The zero-order chi connectivity index (χ0) is 40.3. The van der Waals surface area contributed by atoms with Gasteiger partial charge in [-0.1, -0.05) is 53.7 Å². The number of non-ortho nitro benzene ring substituents is 1. The van der Waals surface area contributed by atoms with E-state index in [2.05, 4.69) is 5.16 Å². The fourth-order valence-electron chi connectivity index (χ4n) is 7.63. The number of methoxy groups -OCH3 is 1. The monoisotopic (exact) mass is 787 g/mol. The molecule has 0 saturated heterocycles. The molecule has 6 heterocycles. The van der Waals surface area contributed by atoms with Gasteiger partial charge in [0.2, 0.25) is 17.9 Å². The molecule has 0 radical (unpaired) electrons. The summed E-state index contributed by atoms with van der Waals surface area (Å²) in [7, 11) is 1.58. The third-order valence-electron chi connectivity index (χ3n) is 10.5. The summed E-state index contributed by atoms with van der Waals surface area (Å²) in [5, 5.41) is 31.1. The molecular weight excluding hydrogens is 755 g/mol. The fourth-order valence-corrected chi connectivity index (χ4v) is 7.63. The number of oxime groups is 2. The first-order valence-electron chi connectivity index (χ1n) is 18.7. The minimum atomic E-state index is -1.81. The molecule has 292 valence electrons. The van der Waals surface area contributed by atoms with Gasteiger partial charge in [-0.2, -0.15) is 19.6 Å². The number of nitro benzene ring substituents is 1. The van der Waals surface area contributed by atoms with Gasteiger partial charge >= 0.3 is 5.79 Å². The van der Waals surface area contributed by atoms with Crippen LogP contribution in [0.2, 0.25) is 0 Å². The number of nitro groups is 1. The van der Waals surface area contributed by atoms with Crippen LogP contribution in [0.3, 0.4) is 0 Å². The maximum absolute atomic E-state index is 11.9. The van der Waals surface area contributed by atoms with Crippen molar-refractivity contribution in [1.29, 1.82) is 0 Å². The summed E-state index contributed by atoms with van der Waals surface area (Å²) < 4.78 is 29.4. The molecule has 0 fully saturated rings. The van der Waals surface area contributed by atoms with Crippen LogP contribution in [0.25, 0.3) is 11.4 Å². The first kappa shape index (κ1) is 35.5. The van der Waals surface area contributed by atoms with Gasteiger partial charge in [0.25, 0.3) is 11.6 Å². The lowest BCUT2D eigenvalue weighted by Gasteiger charge is -2.33. The number of aryl methyl sites for hydroxylation is 2. The molecule has 7 aromatic rings. The Bertz CT molecular complexity index is 2790. The molecule has 5 aromatic carbocycles. The summed E-state index contributed by atoms with van der Waals surface area (Å²) >= 11 is 0. The lowest BCUT2D eigenvalue weighted by Crippen LogP contribution is -2.46. The van der Waals surface area contributed by atoms with Gasteiger partial charge in [-0.25, -0.2) is 0 Å². The predicted octanol–water partition coefficient (Wildman–Crippen LogP) is 8.64. The van der Waals surface area contributed by atoms with Crippen LogP contribution in [0.15, 0.2) is 144 Å². The molecule has 2 aromatic heterocycles. The smallest absolute Gasteiger partial charge is 0.344 e. The molecule has 11 rings (SSSR count). The van der Waals surface area contributed by atoms with E-state index in [9.17, 15) is 10.1 Å². The Labute approximate surface area is 336 Å². The van der Waals surface area contributed by atoms with Crippen LogP contribution in [-0.2, 0) is 20.2 Å². The van der Waals surface area contributed by atoms with Gasteiger partial charge in [0.1, 0.15) is 28.5 Å². The maximum atomic E-state index is 11.9. The Kier molecular flexibility index (Phi) is 8.36. The van der Waals surface area contributed by atoms with Crippen molar-refractivity contribution in [1.82, 2.24) is 19.6 Å². The summed E-state index contributed by atoms with van der Waals surface area (Å²) in [6, 6.07) is 39.7. The number of para-hydroxylation sites is 2.